The maximum atomic E-state index is 11.7. The van der Waals surface area contributed by atoms with Gasteiger partial charge in [0.1, 0.15) is 11.9 Å². The zero-order valence-electron chi connectivity index (χ0n) is 8.69. The van der Waals surface area contributed by atoms with Gasteiger partial charge in [-0.3, -0.25) is 9.36 Å². The molecule has 0 spiro atoms. The molecule has 0 aromatic carbocycles. The summed E-state index contributed by atoms with van der Waals surface area (Å²) in [7, 11) is -0.516. The fraction of sp³-hybridized carbons (Fsp3) is 0.889. The molecule has 1 saturated carbocycles. The highest BCUT2D eigenvalue weighted by atomic mass is 31.2. The van der Waals surface area contributed by atoms with Crippen LogP contribution in [0.3, 0.4) is 0 Å². The summed E-state index contributed by atoms with van der Waals surface area (Å²) in [6.45, 7) is 0. The Balaban J connectivity index is 2.50. The maximum Gasteiger partial charge on any atom is 0.337 e. The van der Waals surface area contributed by atoms with Crippen LogP contribution in [0.25, 0.3) is 0 Å². The molecule has 82 valence electrons. The van der Waals surface area contributed by atoms with Crippen LogP contribution in [0.5, 0.6) is 0 Å². The second-order valence-electron chi connectivity index (χ2n) is 3.58. The van der Waals surface area contributed by atoms with Crippen LogP contribution >= 0.6 is 7.60 Å². The molecule has 0 saturated heterocycles. The third-order valence-electron chi connectivity index (χ3n) is 2.72. The van der Waals surface area contributed by atoms with Gasteiger partial charge in [0.15, 0.2) is 0 Å². The van der Waals surface area contributed by atoms with E-state index in [-0.39, 0.29) is 17.9 Å². The first-order valence-electron chi connectivity index (χ1n) is 4.84. The third-order valence-corrected chi connectivity index (χ3v) is 4.53. The summed E-state index contributed by atoms with van der Waals surface area (Å²) < 4.78 is 21.1. The summed E-state index contributed by atoms with van der Waals surface area (Å²) in [6.07, 6.45) is 3.96. The lowest BCUT2D eigenvalue weighted by Gasteiger charge is -2.14. The van der Waals surface area contributed by atoms with Gasteiger partial charge in [-0.1, -0.05) is 12.8 Å². The molecule has 14 heavy (non-hydrogen) atoms. The van der Waals surface area contributed by atoms with Gasteiger partial charge in [0.2, 0.25) is 0 Å². The van der Waals surface area contributed by atoms with Crippen LogP contribution in [0.2, 0.25) is 0 Å². The van der Waals surface area contributed by atoms with Crippen molar-refractivity contribution >= 4 is 13.4 Å². The molecule has 1 fully saturated rings. The Morgan fingerprint density at radius 3 is 2.21 bits per heavy atom. The summed E-state index contributed by atoms with van der Waals surface area (Å²) in [4.78, 5) is 11.6. The van der Waals surface area contributed by atoms with E-state index in [1.54, 1.807) is 0 Å². The zero-order valence-corrected chi connectivity index (χ0v) is 9.59. The number of hydrogen-bond donors (Lipinski definition) is 0. The van der Waals surface area contributed by atoms with E-state index < -0.39 is 7.60 Å². The van der Waals surface area contributed by atoms with Crippen molar-refractivity contribution in [3.63, 3.8) is 0 Å². The summed E-state index contributed by atoms with van der Waals surface area (Å²) in [6, 6.07) is 0. The predicted octanol–water partition coefficient (Wildman–Crippen LogP) is 2.23. The van der Waals surface area contributed by atoms with Crippen LogP contribution in [0, 0.1) is 5.92 Å². The van der Waals surface area contributed by atoms with E-state index in [1.807, 2.05) is 0 Å². The van der Waals surface area contributed by atoms with Gasteiger partial charge in [-0.15, -0.1) is 0 Å². The number of hydrogen-bond acceptors (Lipinski definition) is 4. The summed E-state index contributed by atoms with van der Waals surface area (Å²) >= 11 is 0. The first kappa shape index (κ1) is 11.9. The molecular formula is C9H17O4P. The average Bonchev–Trinajstić information content (AvgIpc) is 2.70. The number of carbonyl (C=O) groups is 1. The van der Waals surface area contributed by atoms with Crippen molar-refractivity contribution in [1.29, 1.82) is 0 Å². The molecule has 0 aromatic heterocycles. The molecule has 5 heteroatoms. The summed E-state index contributed by atoms with van der Waals surface area (Å²) in [5, 5.41) is 0. The lowest BCUT2D eigenvalue weighted by Crippen LogP contribution is -2.16. The molecule has 0 amide bonds. The Labute approximate surface area is 84.5 Å². The topological polar surface area (TPSA) is 52.6 Å². The fourth-order valence-corrected chi connectivity index (χ4v) is 2.82. The molecule has 0 radical (unpaired) electrons. The van der Waals surface area contributed by atoms with E-state index in [1.165, 1.54) is 14.2 Å². The molecule has 4 nitrogen and oxygen atoms in total. The molecule has 0 aromatic rings. The molecule has 0 heterocycles. The monoisotopic (exact) mass is 220 g/mol. The van der Waals surface area contributed by atoms with Crippen molar-refractivity contribution in [1.82, 2.24) is 0 Å². The van der Waals surface area contributed by atoms with Crippen molar-refractivity contribution in [2.45, 2.75) is 25.7 Å². The van der Waals surface area contributed by atoms with Gasteiger partial charge in [0.05, 0.1) is 0 Å². The smallest absolute Gasteiger partial charge is 0.312 e. The van der Waals surface area contributed by atoms with Crippen LogP contribution in [0.15, 0.2) is 0 Å². The highest BCUT2D eigenvalue weighted by Crippen LogP contribution is 2.47. The highest BCUT2D eigenvalue weighted by molar-refractivity contribution is 7.54. The van der Waals surface area contributed by atoms with Crippen molar-refractivity contribution in [3.05, 3.63) is 0 Å². The van der Waals surface area contributed by atoms with Crippen LogP contribution in [0.1, 0.15) is 25.7 Å². The molecular weight excluding hydrogens is 203 g/mol. The number of ketones is 1. The lowest BCUT2D eigenvalue weighted by molar-refractivity contribution is -0.120. The largest absolute Gasteiger partial charge is 0.337 e. The number of carbonyl (C=O) groups excluding carboxylic acids is 1. The standard InChI is InChI=1S/C9H17O4P/c1-12-14(11,13-2)7-9(10)8-5-3-4-6-8/h8H,3-7H2,1-2H3. The van der Waals surface area contributed by atoms with Crippen molar-refractivity contribution in [3.8, 4) is 0 Å². The molecule has 0 atom stereocenters. The van der Waals surface area contributed by atoms with Gasteiger partial charge >= 0.3 is 7.60 Å². The van der Waals surface area contributed by atoms with Crippen molar-refractivity contribution in [2.75, 3.05) is 20.4 Å². The molecule has 1 rings (SSSR count). The van der Waals surface area contributed by atoms with Gasteiger partial charge < -0.3 is 9.05 Å². The van der Waals surface area contributed by atoms with E-state index in [9.17, 15) is 9.36 Å². The Morgan fingerprint density at radius 2 is 1.79 bits per heavy atom. The van der Waals surface area contributed by atoms with E-state index in [0.717, 1.165) is 25.7 Å². The molecule has 0 aliphatic heterocycles. The minimum absolute atomic E-state index is 0.0227. The lowest BCUT2D eigenvalue weighted by atomic mass is 10.0. The van der Waals surface area contributed by atoms with Gasteiger partial charge in [0.25, 0.3) is 0 Å². The highest BCUT2D eigenvalue weighted by Gasteiger charge is 2.31. The second-order valence-corrected chi connectivity index (χ2v) is 5.85. The summed E-state index contributed by atoms with van der Waals surface area (Å²) in [5.41, 5.74) is 0. The van der Waals surface area contributed by atoms with E-state index in [2.05, 4.69) is 0 Å². The SMILES string of the molecule is COP(=O)(CC(=O)C1CCCC1)OC. The minimum atomic E-state index is -3.14. The first-order chi connectivity index (χ1) is 6.61. The van der Waals surface area contributed by atoms with E-state index >= 15 is 0 Å². The maximum absolute atomic E-state index is 11.7. The van der Waals surface area contributed by atoms with Gasteiger partial charge in [-0.25, -0.2) is 0 Å². The number of rotatable bonds is 5. The first-order valence-corrected chi connectivity index (χ1v) is 6.57. The zero-order chi connectivity index (χ0) is 10.6. The fourth-order valence-electron chi connectivity index (χ4n) is 1.77. The van der Waals surface area contributed by atoms with Crippen molar-refractivity contribution < 1.29 is 18.4 Å². The Bertz CT molecular complexity index is 237. The van der Waals surface area contributed by atoms with E-state index in [4.69, 9.17) is 9.05 Å². The minimum Gasteiger partial charge on any atom is -0.312 e. The molecule has 0 bridgehead atoms. The quantitative estimate of drug-likeness (QED) is 0.666. The number of Topliss-reactive ketones (excluding diaryl/α,β-unsaturated/α-hetero) is 1. The van der Waals surface area contributed by atoms with Crippen molar-refractivity contribution in [2.24, 2.45) is 5.92 Å². The van der Waals surface area contributed by atoms with Crippen LogP contribution in [-0.2, 0) is 18.4 Å². The van der Waals surface area contributed by atoms with Crippen LogP contribution in [-0.4, -0.2) is 26.2 Å². The Morgan fingerprint density at radius 1 is 1.29 bits per heavy atom. The Hall–Kier alpha value is -0.180. The molecule has 0 unspecified atom stereocenters. The molecule has 0 N–H and O–H groups in total. The third kappa shape index (κ3) is 2.91. The van der Waals surface area contributed by atoms with Crippen LogP contribution < -0.4 is 0 Å². The van der Waals surface area contributed by atoms with E-state index in [0.29, 0.717) is 0 Å². The molecule has 1 aliphatic carbocycles. The summed E-state index contributed by atoms with van der Waals surface area (Å²) in [5.74, 6) is 0.100. The second kappa shape index (κ2) is 5.06. The van der Waals surface area contributed by atoms with Gasteiger partial charge in [0, 0.05) is 20.1 Å². The Kier molecular flexibility index (Phi) is 4.30. The average molecular weight is 220 g/mol. The van der Waals surface area contributed by atoms with Crippen LogP contribution in [0.4, 0.5) is 0 Å². The van der Waals surface area contributed by atoms with Gasteiger partial charge in [-0.2, -0.15) is 0 Å². The normalized spacial score (nSPS) is 18.7. The molecule has 1 aliphatic rings. The van der Waals surface area contributed by atoms with Gasteiger partial charge in [-0.05, 0) is 12.8 Å². The predicted molar refractivity (Wildman–Crippen MR) is 53.5 cm³/mol.